The zero-order valence-electron chi connectivity index (χ0n) is 11.8. The Labute approximate surface area is 133 Å². The smallest absolute Gasteiger partial charge is 0.257 e. The lowest BCUT2D eigenvalue weighted by Crippen LogP contribution is -2.18. The SMILES string of the molecule is CN(C)CCn1cc(NC(=O)c2ccc(Cl)cc2Cl)cn1. The van der Waals surface area contributed by atoms with Crippen LogP contribution in [0.25, 0.3) is 0 Å². The summed E-state index contributed by atoms with van der Waals surface area (Å²) >= 11 is 11.8. The summed E-state index contributed by atoms with van der Waals surface area (Å²) < 4.78 is 1.78. The summed E-state index contributed by atoms with van der Waals surface area (Å²) in [5, 5.41) is 7.77. The maximum Gasteiger partial charge on any atom is 0.257 e. The van der Waals surface area contributed by atoms with Gasteiger partial charge in [0.25, 0.3) is 5.91 Å². The second-order valence-electron chi connectivity index (χ2n) is 4.87. The minimum absolute atomic E-state index is 0.288. The van der Waals surface area contributed by atoms with Gasteiger partial charge in [0.1, 0.15) is 0 Å². The molecule has 0 aliphatic heterocycles. The molecule has 0 saturated carbocycles. The molecule has 1 amide bonds. The van der Waals surface area contributed by atoms with Crippen LogP contribution in [0.5, 0.6) is 0 Å². The Hall–Kier alpha value is -1.56. The first kappa shape index (κ1) is 15.8. The average molecular weight is 327 g/mol. The van der Waals surface area contributed by atoms with Crippen molar-refractivity contribution < 1.29 is 4.79 Å². The molecule has 0 atom stereocenters. The fraction of sp³-hybridized carbons (Fsp3) is 0.286. The first-order chi connectivity index (χ1) is 9.95. The van der Waals surface area contributed by atoms with E-state index in [1.54, 1.807) is 35.3 Å². The number of anilines is 1. The Morgan fingerprint density at radius 2 is 2.14 bits per heavy atom. The molecule has 112 valence electrons. The van der Waals surface area contributed by atoms with E-state index in [1.807, 2.05) is 14.1 Å². The van der Waals surface area contributed by atoms with Crippen molar-refractivity contribution in [1.29, 1.82) is 0 Å². The molecule has 0 fully saturated rings. The Kier molecular flexibility index (Phi) is 5.22. The number of benzene rings is 1. The summed E-state index contributed by atoms with van der Waals surface area (Å²) in [7, 11) is 3.99. The molecule has 1 aromatic carbocycles. The molecule has 0 radical (unpaired) electrons. The maximum absolute atomic E-state index is 12.1. The third-order valence-electron chi connectivity index (χ3n) is 2.84. The van der Waals surface area contributed by atoms with Gasteiger partial charge in [-0.2, -0.15) is 5.10 Å². The van der Waals surface area contributed by atoms with Gasteiger partial charge < -0.3 is 10.2 Å². The van der Waals surface area contributed by atoms with Crippen LogP contribution in [0.2, 0.25) is 10.0 Å². The van der Waals surface area contributed by atoms with Gasteiger partial charge in [0.05, 0.1) is 29.0 Å². The van der Waals surface area contributed by atoms with Crippen LogP contribution in [-0.2, 0) is 6.54 Å². The number of hydrogen-bond acceptors (Lipinski definition) is 3. The fourth-order valence-corrected chi connectivity index (χ4v) is 2.22. The summed E-state index contributed by atoms with van der Waals surface area (Å²) in [6.45, 7) is 1.63. The molecule has 1 aromatic heterocycles. The van der Waals surface area contributed by atoms with Gasteiger partial charge in [0.2, 0.25) is 0 Å². The number of likely N-dealkylation sites (N-methyl/N-ethyl adjacent to an activating group) is 1. The highest BCUT2D eigenvalue weighted by Crippen LogP contribution is 2.21. The quantitative estimate of drug-likeness (QED) is 0.918. The van der Waals surface area contributed by atoms with E-state index in [4.69, 9.17) is 23.2 Å². The van der Waals surface area contributed by atoms with Crippen molar-refractivity contribution in [3.63, 3.8) is 0 Å². The summed E-state index contributed by atoms with van der Waals surface area (Å²) in [5.41, 5.74) is 1.01. The highest BCUT2D eigenvalue weighted by atomic mass is 35.5. The van der Waals surface area contributed by atoms with E-state index < -0.39 is 0 Å². The molecule has 0 spiro atoms. The third kappa shape index (κ3) is 4.46. The van der Waals surface area contributed by atoms with Crippen LogP contribution in [0.4, 0.5) is 5.69 Å². The molecule has 21 heavy (non-hydrogen) atoms. The van der Waals surface area contributed by atoms with E-state index >= 15 is 0 Å². The standard InChI is InChI=1S/C14H16Cl2N4O/c1-19(2)5-6-20-9-11(8-17-20)18-14(21)12-4-3-10(15)7-13(12)16/h3-4,7-9H,5-6H2,1-2H3,(H,18,21). The Bertz CT molecular complexity index is 640. The van der Waals surface area contributed by atoms with E-state index in [1.165, 1.54) is 0 Å². The summed E-state index contributed by atoms with van der Waals surface area (Å²) in [4.78, 5) is 14.2. The van der Waals surface area contributed by atoms with Crippen molar-refractivity contribution in [2.24, 2.45) is 0 Å². The molecule has 0 unspecified atom stereocenters. The van der Waals surface area contributed by atoms with Gasteiger partial charge in [-0.05, 0) is 32.3 Å². The Morgan fingerprint density at radius 1 is 1.38 bits per heavy atom. The number of carbonyl (C=O) groups excluding carboxylic acids is 1. The number of nitrogens with zero attached hydrogens (tertiary/aromatic N) is 3. The molecule has 2 rings (SSSR count). The van der Waals surface area contributed by atoms with E-state index in [0.717, 1.165) is 13.1 Å². The van der Waals surface area contributed by atoms with Crippen LogP contribution < -0.4 is 5.32 Å². The van der Waals surface area contributed by atoms with Crippen molar-refractivity contribution in [3.8, 4) is 0 Å². The topological polar surface area (TPSA) is 50.2 Å². The summed E-state index contributed by atoms with van der Waals surface area (Å²) in [6.07, 6.45) is 3.39. The largest absolute Gasteiger partial charge is 0.319 e. The lowest BCUT2D eigenvalue weighted by atomic mass is 10.2. The second kappa shape index (κ2) is 6.93. The molecule has 7 heteroatoms. The van der Waals surface area contributed by atoms with Crippen molar-refractivity contribution >= 4 is 34.8 Å². The number of hydrogen-bond donors (Lipinski definition) is 1. The molecule has 0 saturated heterocycles. The first-order valence-electron chi connectivity index (χ1n) is 6.39. The number of nitrogens with one attached hydrogen (secondary N) is 1. The van der Waals surface area contributed by atoms with Crippen LogP contribution in [0.3, 0.4) is 0 Å². The second-order valence-corrected chi connectivity index (χ2v) is 5.72. The zero-order valence-corrected chi connectivity index (χ0v) is 13.3. The predicted molar refractivity (Wildman–Crippen MR) is 85.2 cm³/mol. The lowest BCUT2D eigenvalue weighted by molar-refractivity contribution is 0.102. The molecule has 1 N–H and O–H groups in total. The normalized spacial score (nSPS) is 10.9. The molecule has 0 aliphatic rings. The van der Waals surface area contributed by atoms with Crippen LogP contribution >= 0.6 is 23.2 Å². The highest BCUT2D eigenvalue weighted by molar-refractivity contribution is 6.37. The van der Waals surface area contributed by atoms with Gasteiger partial charge in [-0.15, -0.1) is 0 Å². The van der Waals surface area contributed by atoms with Crippen LogP contribution in [0.15, 0.2) is 30.6 Å². The molecular weight excluding hydrogens is 311 g/mol. The van der Waals surface area contributed by atoms with Crippen molar-refractivity contribution in [3.05, 3.63) is 46.2 Å². The van der Waals surface area contributed by atoms with E-state index in [0.29, 0.717) is 21.3 Å². The highest BCUT2D eigenvalue weighted by Gasteiger charge is 2.12. The van der Waals surface area contributed by atoms with Gasteiger partial charge in [0.15, 0.2) is 0 Å². The van der Waals surface area contributed by atoms with Crippen LogP contribution in [0.1, 0.15) is 10.4 Å². The lowest BCUT2D eigenvalue weighted by Gasteiger charge is -2.08. The number of halogens is 2. The van der Waals surface area contributed by atoms with Crippen molar-refractivity contribution in [1.82, 2.24) is 14.7 Å². The molecule has 1 heterocycles. The average Bonchev–Trinajstić information content (AvgIpc) is 2.83. The number of aromatic nitrogens is 2. The molecule has 0 aliphatic carbocycles. The third-order valence-corrected chi connectivity index (χ3v) is 3.39. The van der Waals surface area contributed by atoms with Gasteiger partial charge in [0, 0.05) is 17.8 Å². The minimum atomic E-state index is -0.288. The molecule has 5 nitrogen and oxygen atoms in total. The van der Waals surface area contributed by atoms with Crippen molar-refractivity contribution in [2.45, 2.75) is 6.54 Å². The zero-order chi connectivity index (χ0) is 15.4. The maximum atomic E-state index is 12.1. The van der Waals surface area contributed by atoms with E-state index in [-0.39, 0.29) is 5.91 Å². The number of amides is 1. The molecule has 0 bridgehead atoms. The van der Waals surface area contributed by atoms with Gasteiger partial charge in [-0.3, -0.25) is 9.48 Å². The molecule has 2 aromatic rings. The number of carbonyl (C=O) groups is 1. The summed E-state index contributed by atoms with van der Waals surface area (Å²) in [5.74, 6) is -0.288. The van der Waals surface area contributed by atoms with Crippen LogP contribution in [-0.4, -0.2) is 41.2 Å². The fourth-order valence-electron chi connectivity index (χ4n) is 1.72. The molecular formula is C14H16Cl2N4O. The predicted octanol–water partition coefficient (Wildman–Crippen LogP) is 3.00. The minimum Gasteiger partial charge on any atom is -0.319 e. The monoisotopic (exact) mass is 326 g/mol. The van der Waals surface area contributed by atoms with Gasteiger partial charge in [-0.25, -0.2) is 0 Å². The Balaban J connectivity index is 2.02. The van der Waals surface area contributed by atoms with E-state index in [2.05, 4.69) is 15.3 Å². The van der Waals surface area contributed by atoms with Gasteiger partial charge in [-0.1, -0.05) is 23.2 Å². The van der Waals surface area contributed by atoms with Crippen LogP contribution in [0, 0.1) is 0 Å². The van der Waals surface area contributed by atoms with E-state index in [9.17, 15) is 4.79 Å². The number of rotatable bonds is 5. The first-order valence-corrected chi connectivity index (χ1v) is 7.15. The Morgan fingerprint density at radius 3 is 2.81 bits per heavy atom. The van der Waals surface area contributed by atoms with Gasteiger partial charge >= 0.3 is 0 Å². The summed E-state index contributed by atoms with van der Waals surface area (Å²) in [6, 6.07) is 4.76. The van der Waals surface area contributed by atoms with Crippen molar-refractivity contribution in [2.75, 3.05) is 26.0 Å².